The molecule has 0 spiro atoms. The summed E-state index contributed by atoms with van der Waals surface area (Å²) in [5, 5.41) is 17.1. The first-order valence-corrected chi connectivity index (χ1v) is 17.3. The minimum absolute atomic E-state index is 0.00321. The number of nitrogens with one attached hydrogen (secondary N) is 3. The highest BCUT2D eigenvalue weighted by atomic mass is 32.2. The summed E-state index contributed by atoms with van der Waals surface area (Å²) in [6.45, 7) is 7.38. The van der Waals surface area contributed by atoms with Crippen molar-refractivity contribution < 1.29 is 33.9 Å². The summed E-state index contributed by atoms with van der Waals surface area (Å²) in [6, 6.07) is 2.57. The van der Waals surface area contributed by atoms with Gasteiger partial charge in [0.15, 0.2) is 0 Å². The van der Waals surface area contributed by atoms with E-state index in [0.29, 0.717) is 35.9 Å². The van der Waals surface area contributed by atoms with E-state index < -0.39 is 47.7 Å². The van der Waals surface area contributed by atoms with Crippen molar-refractivity contribution in [3.8, 4) is 0 Å². The molecule has 0 aliphatic rings. The quantitative estimate of drug-likeness (QED) is 0.0926. The molecule has 13 nitrogen and oxygen atoms in total. The number of nitrogens with zero attached hydrogens (tertiary/aromatic N) is 1. The number of primary amides is 2. The topological polar surface area (TPSA) is 224 Å². The molecule has 15 heteroatoms. The summed E-state index contributed by atoms with van der Waals surface area (Å²) in [7, 11) is 0. The zero-order valence-corrected chi connectivity index (χ0v) is 28.1. The lowest BCUT2D eigenvalue weighted by molar-refractivity contribution is -0.138. The molecular weight excluding hydrogens is 620 g/mol. The number of rotatable bonds is 23. The molecule has 8 N–H and O–H groups in total. The van der Waals surface area contributed by atoms with Crippen LogP contribution in [0.1, 0.15) is 77.6 Å². The second-order valence-corrected chi connectivity index (χ2v) is 13.4. The molecule has 1 aromatic rings. The van der Waals surface area contributed by atoms with Gasteiger partial charge < -0.3 is 32.5 Å². The van der Waals surface area contributed by atoms with Crippen molar-refractivity contribution in [3.63, 3.8) is 0 Å². The van der Waals surface area contributed by atoms with E-state index in [1.54, 1.807) is 18.7 Å². The molecule has 0 bridgehead atoms. The third kappa shape index (κ3) is 17.1. The van der Waals surface area contributed by atoms with E-state index in [-0.39, 0.29) is 43.4 Å². The van der Waals surface area contributed by atoms with E-state index >= 15 is 0 Å². The summed E-state index contributed by atoms with van der Waals surface area (Å²) in [4.78, 5) is 77.8. The van der Waals surface area contributed by atoms with E-state index in [2.05, 4.69) is 20.9 Å². The Morgan fingerprint density at radius 3 is 1.93 bits per heavy atom. The van der Waals surface area contributed by atoms with Crippen molar-refractivity contribution in [2.24, 2.45) is 23.3 Å². The maximum Gasteiger partial charge on any atom is 0.303 e. The molecule has 0 saturated carbocycles. The number of pyridine rings is 1. The van der Waals surface area contributed by atoms with Gasteiger partial charge >= 0.3 is 5.97 Å². The van der Waals surface area contributed by atoms with Gasteiger partial charge in [0.25, 0.3) is 0 Å². The Bertz CT molecular complexity index is 1150. The van der Waals surface area contributed by atoms with Crippen molar-refractivity contribution in [2.75, 3.05) is 11.5 Å². The van der Waals surface area contributed by atoms with Crippen molar-refractivity contribution >= 4 is 59.0 Å². The number of hydrogen-bond donors (Lipinski definition) is 6. The summed E-state index contributed by atoms with van der Waals surface area (Å²) in [6.07, 6.45) is 0.704. The Labute approximate surface area is 273 Å². The molecule has 0 aliphatic heterocycles. The van der Waals surface area contributed by atoms with Gasteiger partial charge in [0, 0.05) is 42.3 Å². The van der Waals surface area contributed by atoms with Gasteiger partial charge in [0.05, 0.1) is 11.4 Å². The zero-order chi connectivity index (χ0) is 33.9. The molecule has 1 heterocycles. The number of carboxylic acids is 1. The Balaban J connectivity index is 2.77. The van der Waals surface area contributed by atoms with E-state index in [1.807, 2.05) is 39.0 Å². The van der Waals surface area contributed by atoms with Crippen LogP contribution in [0, 0.1) is 11.8 Å². The molecule has 1 aromatic heterocycles. The van der Waals surface area contributed by atoms with Crippen LogP contribution in [0.15, 0.2) is 18.2 Å². The third-order valence-corrected chi connectivity index (χ3v) is 8.77. The molecule has 0 unspecified atom stereocenters. The fourth-order valence-corrected chi connectivity index (χ4v) is 5.85. The van der Waals surface area contributed by atoms with Gasteiger partial charge in [0.1, 0.15) is 18.1 Å². The van der Waals surface area contributed by atoms with Crippen molar-refractivity contribution in [1.82, 2.24) is 20.9 Å². The molecule has 45 heavy (non-hydrogen) atoms. The molecule has 252 valence electrons. The van der Waals surface area contributed by atoms with E-state index in [9.17, 15) is 33.9 Å². The highest BCUT2D eigenvalue weighted by Gasteiger charge is 2.31. The van der Waals surface area contributed by atoms with Crippen molar-refractivity contribution in [3.05, 3.63) is 29.6 Å². The highest BCUT2D eigenvalue weighted by molar-refractivity contribution is 7.98. The Kier molecular flexibility index (Phi) is 18.9. The summed E-state index contributed by atoms with van der Waals surface area (Å²) in [5.74, 6) is -1.82. The van der Waals surface area contributed by atoms with Gasteiger partial charge in [-0.1, -0.05) is 40.2 Å². The Morgan fingerprint density at radius 1 is 0.844 bits per heavy atom. The molecule has 5 amide bonds. The second kappa shape index (κ2) is 21.4. The highest BCUT2D eigenvalue weighted by Crippen LogP contribution is 2.16. The maximum atomic E-state index is 13.2. The van der Waals surface area contributed by atoms with Crippen LogP contribution in [-0.2, 0) is 40.3 Å². The maximum absolute atomic E-state index is 13.2. The third-order valence-electron chi connectivity index (χ3n) is 6.79. The van der Waals surface area contributed by atoms with Gasteiger partial charge in [-0.25, -0.2) is 0 Å². The van der Waals surface area contributed by atoms with Gasteiger partial charge in [-0.2, -0.15) is 23.5 Å². The van der Waals surface area contributed by atoms with Crippen LogP contribution >= 0.6 is 23.5 Å². The van der Waals surface area contributed by atoms with E-state index in [0.717, 1.165) is 11.4 Å². The van der Waals surface area contributed by atoms with Crippen molar-refractivity contribution in [1.29, 1.82) is 0 Å². The number of thioether (sulfide) groups is 2. The number of carboxylic acid groups (broad SMARTS) is 1. The van der Waals surface area contributed by atoms with Crippen LogP contribution in [0.2, 0.25) is 0 Å². The minimum atomic E-state index is -1.17. The molecule has 1 rings (SSSR count). The molecule has 0 aliphatic carbocycles. The van der Waals surface area contributed by atoms with Crippen LogP contribution in [0.3, 0.4) is 0 Å². The van der Waals surface area contributed by atoms with Crippen LogP contribution in [0.5, 0.6) is 0 Å². The molecule has 0 saturated heterocycles. The van der Waals surface area contributed by atoms with Gasteiger partial charge in [-0.15, -0.1) is 0 Å². The number of carbonyl (C=O) groups is 6. The number of aromatic nitrogens is 1. The zero-order valence-electron chi connectivity index (χ0n) is 26.5. The Morgan fingerprint density at radius 2 is 1.42 bits per heavy atom. The molecule has 4 atom stereocenters. The number of nitrogens with two attached hydrogens (primary N) is 2. The van der Waals surface area contributed by atoms with Gasteiger partial charge in [-0.05, 0) is 36.8 Å². The second-order valence-electron chi connectivity index (χ2n) is 11.2. The normalized spacial score (nSPS) is 13.7. The van der Waals surface area contributed by atoms with Crippen LogP contribution in [0.4, 0.5) is 0 Å². The smallest absolute Gasteiger partial charge is 0.303 e. The van der Waals surface area contributed by atoms with Crippen LogP contribution < -0.4 is 27.4 Å². The summed E-state index contributed by atoms with van der Waals surface area (Å²) < 4.78 is 0. The number of hydrogen-bond acceptors (Lipinski definition) is 9. The van der Waals surface area contributed by atoms with E-state index in [4.69, 9.17) is 11.5 Å². The lowest BCUT2D eigenvalue weighted by Crippen LogP contribution is -2.57. The molecule has 0 aromatic carbocycles. The fourth-order valence-electron chi connectivity index (χ4n) is 4.14. The average molecular weight is 669 g/mol. The van der Waals surface area contributed by atoms with Crippen molar-refractivity contribution in [2.45, 2.75) is 95.9 Å². The first-order chi connectivity index (χ1) is 21.2. The molecule has 0 radical (unpaired) electrons. The van der Waals surface area contributed by atoms with Gasteiger partial charge in [0.2, 0.25) is 29.5 Å². The lowest BCUT2D eigenvalue weighted by atomic mass is 9.97. The lowest BCUT2D eigenvalue weighted by Gasteiger charge is -2.27. The minimum Gasteiger partial charge on any atom is -0.481 e. The number of carbonyl (C=O) groups excluding carboxylic acids is 5. The van der Waals surface area contributed by atoms with Crippen LogP contribution in [0.25, 0.3) is 0 Å². The predicted molar refractivity (Wildman–Crippen MR) is 176 cm³/mol. The standard InChI is InChI=1S/C30H48N6O7S2/c1-5-19(4)27(28(32)41)36-30(43)23(15-18(2)3)35-29(42)22(9-10-26(39)40)34-25(38)12-14-45-17-21-8-6-7-20(33-21)16-44-13-11-24(31)37/h6-8,18-19,22-23,27H,5,9-17H2,1-4H3,(H2,31,37)(H2,32,41)(H,34,38)(H,35,42)(H,36,43)(H,39,40)/t19-,22-,23-,27-/m0/s1. The SMILES string of the molecule is CC[C@H](C)[C@H](NC(=O)[C@H](CC(C)C)NC(=O)[C@H](CCC(=O)O)NC(=O)CCSCc1cccc(CSCCC(N)=O)n1)C(N)=O. The largest absolute Gasteiger partial charge is 0.481 e. The first kappa shape index (κ1) is 39.7. The molecular formula is C30H48N6O7S2. The predicted octanol–water partition coefficient (Wildman–Crippen LogP) is 1.71. The summed E-state index contributed by atoms with van der Waals surface area (Å²) in [5.41, 5.74) is 12.4. The van der Waals surface area contributed by atoms with Crippen LogP contribution in [-0.4, -0.2) is 75.2 Å². The summed E-state index contributed by atoms with van der Waals surface area (Å²) >= 11 is 3.06. The van der Waals surface area contributed by atoms with Gasteiger partial charge in [-0.3, -0.25) is 33.8 Å². The monoisotopic (exact) mass is 668 g/mol. The fraction of sp³-hybridized carbons (Fsp3) is 0.633. The average Bonchev–Trinajstić information content (AvgIpc) is 2.97. The Hall–Kier alpha value is -3.33. The first-order valence-electron chi connectivity index (χ1n) is 15.0. The number of aliphatic carboxylic acids is 1. The molecule has 0 fully saturated rings. The number of amides is 5. The van der Waals surface area contributed by atoms with E-state index in [1.165, 1.54) is 11.8 Å².